The number of alkyl halides is 1. The average molecular weight is 971 g/mol. The first-order valence-electron chi connectivity index (χ1n) is 23.9. The largest absolute Gasteiger partial charge is 0.455 e. The lowest BCUT2D eigenvalue weighted by molar-refractivity contribution is -0.384. The van der Waals surface area contributed by atoms with Crippen molar-refractivity contribution in [2.75, 3.05) is 62.7 Å². The van der Waals surface area contributed by atoms with Crippen molar-refractivity contribution in [2.45, 2.75) is 99.8 Å². The molecule has 0 bridgehead atoms. The van der Waals surface area contributed by atoms with E-state index in [2.05, 4.69) is 63.2 Å². The van der Waals surface area contributed by atoms with Gasteiger partial charge in [-0.1, -0.05) is 38.1 Å². The topological polar surface area (TPSA) is 175 Å². The van der Waals surface area contributed by atoms with Gasteiger partial charge in [-0.15, -0.1) is 0 Å². The fourth-order valence-corrected chi connectivity index (χ4v) is 12.3. The Morgan fingerprint density at radius 3 is 2.45 bits per heavy atom. The molecule has 3 N–H and O–H groups in total. The molecule has 2 aromatic heterocycles. The summed E-state index contributed by atoms with van der Waals surface area (Å²) in [5.41, 5.74) is -0.259. The summed E-state index contributed by atoms with van der Waals surface area (Å²) in [7, 11) is -4.95. The van der Waals surface area contributed by atoms with Crippen molar-refractivity contribution in [3.63, 3.8) is 0 Å². The number of ether oxygens (including phenoxy) is 2. The van der Waals surface area contributed by atoms with Gasteiger partial charge in [0.2, 0.25) is 0 Å². The summed E-state index contributed by atoms with van der Waals surface area (Å²) < 4.78 is 89.5. The molecule has 5 aliphatic rings. The van der Waals surface area contributed by atoms with Crippen LogP contribution >= 0.6 is 0 Å². The number of nitrogens with one attached hydrogen (secondary N) is 3. The van der Waals surface area contributed by atoms with Crippen molar-refractivity contribution in [1.29, 1.82) is 0 Å². The molecule has 4 aliphatic heterocycles. The number of sulfonamides is 1. The summed E-state index contributed by atoms with van der Waals surface area (Å²) in [6.45, 7) is 8.31. The molecule has 15 nitrogen and oxygen atoms in total. The van der Waals surface area contributed by atoms with E-state index in [-0.39, 0.29) is 48.0 Å². The fourth-order valence-electron chi connectivity index (χ4n) is 11.3. The van der Waals surface area contributed by atoms with E-state index in [9.17, 15) is 23.3 Å². The van der Waals surface area contributed by atoms with Crippen molar-refractivity contribution in [3.05, 3.63) is 111 Å². The number of H-pyrrole nitrogens is 1. The van der Waals surface area contributed by atoms with Gasteiger partial charge in [0.1, 0.15) is 34.1 Å². The van der Waals surface area contributed by atoms with E-state index < -0.39 is 60.1 Å². The predicted octanol–water partition coefficient (Wildman–Crippen LogP) is 8.98. The van der Waals surface area contributed by atoms with Crippen molar-refractivity contribution in [1.82, 2.24) is 24.5 Å². The lowest BCUT2D eigenvalue weighted by Crippen LogP contribution is -2.55. The van der Waals surface area contributed by atoms with Gasteiger partial charge >= 0.3 is 0 Å². The number of likely N-dealkylation sites (tertiary alicyclic amines) is 2. The van der Waals surface area contributed by atoms with Gasteiger partial charge in [-0.3, -0.25) is 24.7 Å². The third-order valence-electron chi connectivity index (χ3n) is 15.4. The fraction of sp³-hybridized carbons (Fsp3) is 0.480. The van der Waals surface area contributed by atoms with Crippen molar-refractivity contribution in [3.8, 4) is 11.5 Å². The van der Waals surface area contributed by atoms with Crippen LogP contribution in [0.5, 0.6) is 11.5 Å². The Morgan fingerprint density at radius 1 is 0.986 bits per heavy atom. The first-order valence-corrected chi connectivity index (χ1v) is 25.4. The van der Waals surface area contributed by atoms with Gasteiger partial charge in [-0.25, -0.2) is 31.3 Å². The maximum absolute atomic E-state index is 16.6. The number of piperidine rings is 2. The van der Waals surface area contributed by atoms with Crippen LogP contribution in [-0.2, 0) is 14.8 Å². The number of aromatic amines is 1. The summed E-state index contributed by atoms with van der Waals surface area (Å²) in [4.78, 5) is 38.5. The highest BCUT2D eigenvalue weighted by molar-refractivity contribution is 7.90. The van der Waals surface area contributed by atoms with Crippen LogP contribution in [0.2, 0.25) is 0 Å². The lowest BCUT2D eigenvalue weighted by atomic mass is 9.59. The summed E-state index contributed by atoms with van der Waals surface area (Å²) in [5, 5.41) is 15.6. The van der Waals surface area contributed by atoms with E-state index in [0.717, 1.165) is 63.3 Å². The molecule has 69 heavy (non-hydrogen) atoms. The summed E-state index contributed by atoms with van der Waals surface area (Å²) in [6, 6.07) is 17.2. The van der Waals surface area contributed by atoms with Crippen LogP contribution < -0.4 is 19.7 Å². The maximum Gasteiger partial charge on any atom is 0.293 e. The Morgan fingerprint density at radius 2 is 1.74 bits per heavy atom. The summed E-state index contributed by atoms with van der Waals surface area (Å²) in [5.74, 6) is -4.52. The summed E-state index contributed by atoms with van der Waals surface area (Å²) >= 11 is 0. The van der Waals surface area contributed by atoms with Gasteiger partial charge in [-0.2, -0.15) is 0 Å². The Balaban J connectivity index is 0.857. The molecule has 19 heteroatoms. The van der Waals surface area contributed by atoms with E-state index in [1.165, 1.54) is 23.4 Å². The Labute approximate surface area is 398 Å². The quantitative estimate of drug-likeness (QED) is 0.0713. The van der Waals surface area contributed by atoms with E-state index >= 15 is 13.2 Å². The van der Waals surface area contributed by atoms with E-state index in [0.29, 0.717) is 68.4 Å². The van der Waals surface area contributed by atoms with Gasteiger partial charge in [-0.05, 0) is 105 Å². The number of pyridine rings is 1. The average Bonchev–Trinajstić information content (AvgIpc) is 3.99. The SMILES string of the molecule is CC(C)c1ccccc1C1CCCN1C1CC2(CCN(c3cc(Oc4cnc5[nH]ccc5c4)c(C(=O)NS(=O)(=O)c4ccc(NCC5(F)CCN(C6COC6)CC5)c([N+](=O)[O-])c4)c(F)c3F)CC2)C1. The van der Waals surface area contributed by atoms with E-state index in [1.54, 1.807) is 28.0 Å². The van der Waals surface area contributed by atoms with Gasteiger partial charge in [0.15, 0.2) is 11.6 Å². The monoisotopic (exact) mass is 970 g/mol. The number of hydrogen-bond donors (Lipinski definition) is 3. The molecule has 4 saturated heterocycles. The number of nitro groups is 1. The standard InChI is InChI=1S/C50H57F3N8O7S/c1-31(2)37-6-3-4-7-38(37)40-8-5-17-60(40)33-25-49(26-33)12-18-59(19-13-49)42-24-43(68-35-22-32-11-16-54-47(32)55-27-35)44(46(52)45(42)51)48(62)57-69(65,66)36-9-10-39(41(23-36)61(63)64)56-30-50(53)14-20-58(21-15-50)34-28-67-29-34/h3-4,6-7,9-11,16,22-24,27,31,33-34,40,56H,5,8,12-15,17-21,25-26,28-30H2,1-2H3,(H,54,55)(H,57,62). The predicted molar refractivity (Wildman–Crippen MR) is 254 cm³/mol. The number of aromatic nitrogens is 2. The van der Waals surface area contributed by atoms with Crippen molar-refractivity contribution >= 4 is 44.0 Å². The second kappa shape index (κ2) is 18.5. The Hall–Kier alpha value is -5.76. The van der Waals surface area contributed by atoms with Crippen molar-refractivity contribution < 1.29 is 40.8 Å². The number of rotatable bonds is 14. The molecule has 5 fully saturated rings. The molecule has 0 radical (unpaired) electrons. The van der Waals surface area contributed by atoms with Crippen LogP contribution in [-0.4, -0.2) is 109 Å². The van der Waals surface area contributed by atoms with Crippen LogP contribution in [0.25, 0.3) is 11.0 Å². The van der Waals surface area contributed by atoms with Gasteiger partial charge in [0, 0.05) is 68.5 Å². The van der Waals surface area contributed by atoms with Crippen LogP contribution in [0.3, 0.4) is 0 Å². The van der Waals surface area contributed by atoms with Gasteiger partial charge in [0.05, 0.1) is 41.0 Å². The Bertz CT molecular complexity index is 2870. The molecular formula is C50H57F3N8O7S. The zero-order chi connectivity index (χ0) is 48.2. The number of amides is 1. The smallest absolute Gasteiger partial charge is 0.293 e. The number of nitro benzene ring substituents is 1. The third-order valence-corrected chi connectivity index (χ3v) is 16.7. The number of nitrogens with zero attached hydrogens (tertiary/aromatic N) is 5. The number of carbonyl (C=O) groups is 1. The molecule has 5 aromatic rings. The van der Waals surface area contributed by atoms with E-state index in [1.807, 2.05) is 0 Å². The van der Waals surface area contributed by atoms with Crippen LogP contribution in [0.15, 0.2) is 78.0 Å². The number of fused-ring (bicyclic) bond motifs is 1. The summed E-state index contributed by atoms with van der Waals surface area (Å²) in [6.07, 6.45) is 9.18. The van der Waals surface area contributed by atoms with Gasteiger partial charge in [0.25, 0.3) is 21.6 Å². The minimum atomic E-state index is -4.95. The molecule has 366 valence electrons. The van der Waals surface area contributed by atoms with E-state index in [4.69, 9.17) is 9.47 Å². The molecule has 1 atom stereocenters. The molecule has 1 aliphatic carbocycles. The number of anilines is 2. The normalized spacial score (nSPS) is 21.1. The number of hydrogen-bond acceptors (Lipinski definition) is 12. The zero-order valence-electron chi connectivity index (χ0n) is 38.7. The third kappa shape index (κ3) is 9.25. The lowest BCUT2D eigenvalue weighted by Gasteiger charge is -2.56. The van der Waals surface area contributed by atoms with Crippen molar-refractivity contribution in [2.24, 2.45) is 5.41 Å². The molecule has 3 aromatic carbocycles. The highest BCUT2D eigenvalue weighted by Crippen LogP contribution is 2.54. The molecule has 1 unspecified atom stereocenters. The first-order chi connectivity index (χ1) is 33.1. The number of halogens is 3. The molecule has 1 saturated carbocycles. The minimum Gasteiger partial charge on any atom is -0.455 e. The highest BCUT2D eigenvalue weighted by atomic mass is 32.2. The first kappa shape index (κ1) is 46.9. The van der Waals surface area contributed by atoms with Crippen LogP contribution in [0.4, 0.5) is 30.2 Å². The van der Waals surface area contributed by atoms with Gasteiger partial charge < -0.3 is 24.7 Å². The molecule has 1 amide bonds. The Kier molecular flexibility index (Phi) is 12.6. The van der Waals surface area contributed by atoms with Crippen LogP contribution in [0, 0.1) is 27.2 Å². The number of carbonyl (C=O) groups excluding carboxylic acids is 1. The second-order valence-corrected chi connectivity index (χ2v) is 21.6. The zero-order valence-corrected chi connectivity index (χ0v) is 39.5. The molecular weight excluding hydrogens is 914 g/mol. The molecule has 1 spiro atoms. The minimum absolute atomic E-state index is 0.0635. The molecule has 10 rings (SSSR count). The number of benzene rings is 3. The van der Waals surface area contributed by atoms with Crippen LogP contribution in [0.1, 0.15) is 98.7 Å². The highest BCUT2D eigenvalue weighted by Gasteiger charge is 2.50. The molecule has 6 heterocycles. The second-order valence-electron chi connectivity index (χ2n) is 19.9. The maximum atomic E-state index is 16.6.